The van der Waals surface area contributed by atoms with E-state index in [0.717, 1.165) is 12.2 Å². The number of pyridine rings is 1. The molecule has 1 unspecified atom stereocenters. The van der Waals surface area contributed by atoms with E-state index in [4.69, 9.17) is 10.00 Å². The molecule has 0 fully saturated rings. The van der Waals surface area contributed by atoms with Crippen LogP contribution in [0.3, 0.4) is 0 Å². The van der Waals surface area contributed by atoms with Crippen molar-refractivity contribution in [2.45, 2.75) is 19.4 Å². The summed E-state index contributed by atoms with van der Waals surface area (Å²) in [5, 5.41) is 11.8. The minimum Gasteiger partial charge on any atom is -0.383 e. The largest absolute Gasteiger partial charge is 0.383 e. The van der Waals surface area contributed by atoms with Crippen molar-refractivity contribution >= 4 is 5.82 Å². The van der Waals surface area contributed by atoms with E-state index in [9.17, 15) is 0 Å². The van der Waals surface area contributed by atoms with Gasteiger partial charge in [-0.2, -0.15) is 5.26 Å². The SMILES string of the molecule is CCC(COC)Nc1ccc(C#N)cn1. The summed E-state index contributed by atoms with van der Waals surface area (Å²) in [4.78, 5) is 4.13. The lowest BCUT2D eigenvalue weighted by atomic mass is 10.2. The normalized spacial score (nSPS) is 11.8. The molecule has 4 nitrogen and oxygen atoms in total. The molecule has 0 aliphatic heterocycles. The first kappa shape index (κ1) is 11.5. The fourth-order valence-electron chi connectivity index (χ4n) is 1.22. The van der Waals surface area contributed by atoms with Crippen molar-refractivity contribution in [1.29, 1.82) is 5.26 Å². The van der Waals surface area contributed by atoms with Crippen LogP contribution >= 0.6 is 0 Å². The molecule has 1 atom stereocenters. The predicted molar refractivity (Wildman–Crippen MR) is 58.5 cm³/mol. The van der Waals surface area contributed by atoms with E-state index in [0.29, 0.717) is 12.2 Å². The molecule has 1 heterocycles. The van der Waals surface area contributed by atoms with E-state index in [1.54, 1.807) is 25.4 Å². The number of aromatic nitrogens is 1. The van der Waals surface area contributed by atoms with Gasteiger partial charge in [0.05, 0.1) is 18.2 Å². The lowest BCUT2D eigenvalue weighted by molar-refractivity contribution is 0.184. The summed E-state index contributed by atoms with van der Waals surface area (Å²) < 4.78 is 5.07. The Morgan fingerprint density at radius 1 is 1.60 bits per heavy atom. The summed E-state index contributed by atoms with van der Waals surface area (Å²) in [5.41, 5.74) is 0.570. The van der Waals surface area contributed by atoms with E-state index in [-0.39, 0.29) is 6.04 Å². The molecule has 0 aromatic carbocycles. The third-order valence-corrected chi connectivity index (χ3v) is 2.11. The number of methoxy groups -OCH3 is 1. The monoisotopic (exact) mass is 205 g/mol. The first-order valence-corrected chi connectivity index (χ1v) is 4.91. The van der Waals surface area contributed by atoms with Crippen molar-refractivity contribution < 1.29 is 4.74 Å². The van der Waals surface area contributed by atoms with Crippen LogP contribution in [0.4, 0.5) is 5.82 Å². The Labute approximate surface area is 89.9 Å². The molecule has 0 radical (unpaired) electrons. The second-order valence-electron chi connectivity index (χ2n) is 3.25. The molecule has 1 rings (SSSR count). The van der Waals surface area contributed by atoms with Gasteiger partial charge in [0.25, 0.3) is 0 Å². The molecule has 0 aliphatic carbocycles. The minimum atomic E-state index is 0.260. The molecule has 80 valence electrons. The highest BCUT2D eigenvalue weighted by Gasteiger charge is 2.05. The Kier molecular flexibility index (Phi) is 4.58. The lowest BCUT2D eigenvalue weighted by Gasteiger charge is -2.16. The Morgan fingerprint density at radius 2 is 2.40 bits per heavy atom. The van der Waals surface area contributed by atoms with Gasteiger partial charge < -0.3 is 10.1 Å². The summed E-state index contributed by atoms with van der Waals surface area (Å²) in [6.45, 7) is 2.73. The maximum Gasteiger partial charge on any atom is 0.126 e. The average molecular weight is 205 g/mol. The lowest BCUT2D eigenvalue weighted by Crippen LogP contribution is -2.24. The maximum atomic E-state index is 8.61. The van der Waals surface area contributed by atoms with Crippen LogP contribution in [0.2, 0.25) is 0 Å². The van der Waals surface area contributed by atoms with Crippen LogP contribution in [0.1, 0.15) is 18.9 Å². The summed E-state index contributed by atoms with van der Waals surface area (Å²) in [6.07, 6.45) is 2.53. The summed E-state index contributed by atoms with van der Waals surface area (Å²) in [7, 11) is 1.68. The average Bonchev–Trinajstić information content (AvgIpc) is 2.29. The van der Waals surface area contributed by atoms with Crippen LogP contribution in [0.25, 0.3) is 0 Å². The van der Waals surface area contributed by atoms with Gasteiger partial charge in [-0.1, -0.05) is 6.92 Å². The molecule has 15 heavy (non-hydrogen) atoms. The van der Waals surface area contributed by atoms with Crippen molar-refractivity contribution in [2.24, 2.45) is 0 Å². The van der Waals surface area contributed by atoms with Gasteiger partial charge >= 0.3 is 0 Å². The molecule has 0 bridgehead atoms. The van der Waals surface area contributed by atoms with Crippen molar-refractivity contribution in [3.05, 3.63) is 23.9 Å². The first-order valence-electron chi connectivity index (χ1n) is 4.91. The number of anilines is 1. The summed E-state index contributed by atoms with van der Waals surface area (Å²) in [6, 6.07) is 5.84. The number of nitrogens with zero attached hydrogens (tertiary/aromatic N) is 2. The highest BCUT2D eigenvalue weighted by Crippen LogP contribution is 2.07. The molecule has 1 N–H and O–H groups in total. The van der Waals surface area contributed by atoms with Gasteiger partial charge in [0.15, 0.2) is 0 Å². The van der Waals surface area contributed by atoms with Crippen LogP contribution in [-0.4, -0.2) is 24.7 Å². The number of rotatable bonds is 5. The van der Waals surface area contributed by atoms with E-state index in [1.165, 1.54) is 0 Å². The van der Waals surface area contributed by atoms with Crippen LogP contribution < -0.4 is 5.32 Å². The van der Waals surface area contributed by atoms with Gasteiger partial charge in [0.1, 0.15) is 11.9 Å². The van der Waals surface area contributed by atoms with Gasteiger partial charge in [-0.05, 0) is 18.6 Å². The number of hydrogen-bond donors (Lipinski definition) is 1. The fourth-order valence-corrected chi connectivity index (χ4v) is 1.22. The highest BCUT2D eigenvalue weighted by atomic mass is 16.5. The van der Waals surface area contributed by atoms with Crippen molar-refractivity contribution in [1.82, 2.24) is 4.98 Å². The fraction of sp³-hybridized carbons (Fsp3) is 0.455. The van der Waals surface area contributed by atoms with Crippen molar-refractivity contribution in [3.8, 4) is 6.07 Å². The molecule has 1 aromatic rings. The third-order valence-electron chi connectivity index (χ3n) is 2.11. The van der Waals surface area contributed by atoms with E-state index >= 15 is 0 Å². The topological polar surface area (TPSA) is 57.9 Å². The molecule has 4 heteroatoms. The zero-order chi connectivity index (χ0) is 11.1. The molecular formula is C11H15N3O. The highest BCUT2D eigenvalue weighted by molar-refractivity contribution is 5.39. The Morgan fingerprint density at radius 3 is 2.87 bits per heavy atom. The molecule has 0 aliphatic rings. The number of nitriles is 1. The van der Waals surface area contributed by atoms with Crippen LogP contribution in [0.5, 0.6) is 0 Å². The Hall–Kier alpha value is -1.60. The molecule has 0 amide bonds. The van der Waals surface area contributed by atoms with Gasteiger partial charge in [-0.15, -0.1) is 0 Å². The molecule has 0 spiro atoms. The van der Waals surface area contributed by atoms with Gasteiger partial charge in [-0.3, -0.25) is 0 Å². The smallest absolute Gasteiger partial charge is 0.126 e. The number of ether oxygens (including phenoxy) is 1. The Balaban J connectivity index is 2.59. The summed E-state index contributed by atoms with van der Waals surface area (Å²) in [5.74, 6) is 0.776. The number of hydrogen-bond acceptors (Lipinski definition) is 4. The van der Waals surface area contributed by atoms with Crippen molar-refractivity contribution in [3.63, 3.8) is 0 Å². The van der Waals surface area contributed by atoms with Gasteiger partial charge in [0, 0.05) is 13.3 Å². The van der Waals surface area contributed by atoms with Crippen LogP contribution in [0, 0.1) is 11.3 Å². The molecule has 0 saturated carbocycles. The second-order valence-corrected chi connectivity index (χ2v) is 3.25. The number of nitrogens with one attached hydrogen (secondary N) is 1. The second kappa shape index (κ2) is 5.99. The summed E-state index contributed by atoms with van der Waals surface area (Å²) >= 11 is 0. The zero-order valence-electron chi connectivity index (χ0n) is 9.03. The molecule has 1 aromatic heterocycles. The Bertz CT molecular complexity index is 329. The quantitative estimate of drug-likeness (QED) is 0.796. The van der Waals surface area contributed by atoms with Gasteiger partial charge in [0.2, 0.25) is 0 Å². The van der Waals surface area contributed by atoms with Gasteiger partial charge in [-0.25, -0.2) is 4.98 Å². The van der Waals surface area contributed by atoms with E-state index < -0.39 is 0 Å². The minimum absolute atomic E-state index is 0.260. The molecule has 0 saturated heterocycles. The zero-order valence-corrected chi connectivity index (χ0v) is 9.03. The maximum absolute atomic E-state index is 8.61. The van der Waals surface area contributed by atoms with Crippen LogP contribution in [0.15, 0.2) is 18.3 Å². The van der Waals surface area contributed by atoms with Crippen molar-refractivity contribution in [2.75, 3.05) is 19.0 Å². The third kappa shape index (κ3) is 3.56. The van der Waals surface area contributed by atoms with E-state index in [1.807, 2.05) is 6.07 Å². The first-order chi connectivity index (χ1) is 7.30. The van der Waals surface area contributed by atoms with E-state index in [2.05, 4.69) is 17.2 Å². The predicted octanol–water partition coefficient (Wildman–Crippen LogP) is 1.79. The standard InChI is InChI=1S/C11H15N3O/c1-3-10(8-15-2)14-11-5-4-9(6-12)7-13-11/h4-5,7,10H,3,8H2,1-2H3,(H,13,14). The molecular weight excluding hydrogens is 190 g/mol. The van der Waals surface area contributed by atoms with Crippen LogP contribution in [-0.2, 0) is 4.74 Å².